The van der Waals surface area contributed by atoms with Crippen LogP contribution in [0.3, 0.4) is 0 Å². The summed E-state index contributed by atoms with van der Waals surface area (Å²) in [5, 5.41) is 22.9. The van der Waals surface area contributed by atoms with Gasteiger partial charge in [-0.25, -0.2) is 0 Å². The van der Waals surface area contributed by atoms with Crippen LogP contribution in [-0.4, -0.2) is 34.9 Å². The molecule has 0 aliphatic rings. The van der Waals surface area contributed by atoms with Crippen molar-refractivity contribution in [2.24, 2.45) is 0 Å². The van der Waals surface area contributed by atoms with Crippen molar-refractivity contribution in [1.82, 2.24) is 5.32 Å². The van der Waals surface area contributed by atoms with Gasteiger partial charge in [0.2, 0.25) is 5.91 Å². The largest absolute Gasteiger partial charge is 0.394 e. The van der Waals surface area contributed by atoms with E-state index in [0.29, 0.717) is 6.42 Å². The quantitative estimate of drug-likeness (QED) is 0.0439. The molecule has 2 atom stereocenters. The average molecular weight is 712 g/mol. The van der Waals surface area contributed by atoms with Gasteiger partial charge in [-0.05, 0) is 70.6 Å². The molecule has 2 unspecified atom stereocenters. The number of unbranched alkanes of at least 4 members (excludes halogenated alkanes) is 24. The zero-order valence-corrected chi connectivity index (χ0v) is 33.9. The molecule has 0 aromatic heterocycles. The van der Waals surface area contributed by atoms with Crippen molar-refractivity contribution in [3.8, 4) is 0 Å². The minimum absolute atomic E-state index is 0.0808. The summed E-state index contributed by atoms with van der Waals surface area (Å²) in [7, 11) is 0. The molecular formula is C47H85NO3. The van der Waals surface area contributed by atoms with Crippen LogP contribution in [0.2, 0.25) is 0 Å². The normalized spacial score (nSPS) is 13.6. The summed E-state index contributed by atoms with van der Waals surface area (Å²) in [4.78, 5) is 12.4. The standard InChI is InChI=1S/C47H85NO3/c1-3-5-7-9-11-13-15-17-18-19-20-21-22-23-24-25-26-27-28-29-30-31-33-35-37-39-41-43-47(51)48-45(44-49)46(50)42-40-38-36-34-32-16-14-12-10-8-6-4-2/h10,12,15,17,19-20,32,34,40,42,45-46,49-50H,3-9,11,13-14,16,18,21-31,33,35-39,41,43-44H2,1-2H3,(H,48,51)/b12-10+,17-15-,20-19-,34-32+,42-40+. The molecule has 0 aromatic carbocycles. The van der Waals surface area contributed by atoms with Crippen LogP contribution < -0.4 is 5.32 Å². The Labute approximate surface area is 317 Å². The Morgan fingerprint density at radius 2 is 0.843 bits per heavy atom. The minimum atomic E-state index is -0.869. The molecule has 0 bridgehead atoms. The summed E-state index contributed by atoms with van der Waals surface area (Å²) >= 11 is 0. The summed E-state index contributed by atoms with van der Waals surface area (Å²) in [5.74, 6) is -0.0808. The Morgan fingerprint density at radius 3 is 1.31 bits per heavy atom. The fourth-order valence-electron chi connectivity index (χ4n) is 6.28. The molecule has 0 saturated carbocycles. The first kappa shape index (κ1) is 49.1. The van der Waals surface area contributed by atoms with Crippen molar-refractivity contribution in [3.63, 3.8) is 0 Å². The number of aliphatic hydroxyl groups is 2. The average Bonchev–Trinajstić information content (AvgIpc) is 3.13. The monoisotopic (exact) mass is 712 g/mol. The van der Waals surface area contributed by atoms with Crippen LogP contribution in [0.5, 0.6) is 0 Å². The van der Waals surface area contributed by atoms with Gasteiger partial charge in [-0.1, -0.05) is 197 Å². The zero-order chi connectivity index (χ0) is 37.1. The number of carbonyl (C=O) groups excluding carboxylic acids is 1. The molecule has 0 spiro atoms. The summed E-state index contributed by atoms with van der Waals surface area (Å²) in [6, 6.07) is -0.645. The van der Waals surface area contributed by atoms with Crippen LogP contribution in [0.4, 0.5) is 0 Å². The first-order valence-corrected chi connectivity index (χ1v) is 22.0. The summed E-state index contributed by atoms with van der Waals surface area (Å²) in [5.41, 5.74) is 0. The molecule has 0 heterocycles. The number of amides is 1. The molecule has 0 fully saturated rings. The predicted molar refractivity (Wildman–Crippen MR) is 225 cm³/mol. The van der Waals surface area contributed by atoms with Crippen LogP contribution in [0.25, 0.3) is 0 Å². The van der Waals surface area contributed by atoms with Crippen molar-refractivity contribution in [2.45, 2.75) is 225 Å². The molecule has 0 aliphatic carbocycles. The topological polar surface area (TPSA) is 69.6 Å². The number of hydrogen-bond acceptors (Lipinski definition) is 3. The molecule has 51 heavy (non-hydrogen) atoms. The number of aliphatic hydroxyl groups excluding tert-OH is 2. The van der Waals surface area contributed by atoms with Gasteiger partial charge >= 0.3 is 0 Å². The zero-order valence-electron chi connectivity index (χ0n) is 33.9. The molecule has 4 nitrogen and oxygen atoms in total. The van der Waals surface area contributed by atoms with Crippen molar-refractivity contribution in [2.75, 3.05) is 6.61 Å². The highest BCUT2D eigenvalue weighted by Crippen LogP contribution is 2.15. The number of hydrogen-bond donors (Lipinski definition) is 3. The Bertz CT molecular complexity index is 858. The van der Waals surface area contributed by atoms with Crippen LogP contribution >= 0.6 is 0 Å². The second-order valence-corrected chi connectivity index (χ2v) is 14.7. The molecule has 0 radical (unpaired) electrons. The molecule has 1 amide bonds. The van der Waals surface area contributed by atoms with Gasteiger partial charge in [-0.3, -0.25) is 4.79 Å². The Balaban J connectivity index is 3.54. The molecule has 4 heteroatoms. The van der Waals surface area contributed by atoms with Crippen LogP contribution in [-0.2, 0) is 4.79 Å². The van der Waals surface area contributed by atoms with Crippen LogP contribution in [0.1, 0.15) is 213 Å². The van der Waals surface area contributed by atoms with Crippen LogP contribution in [0.15, 0.2) is 60.8 Å². The first-order valence-electron chi connectivity index (χ1n) is 22.0. The van der Waals surface area contributed by atoms with Crippen molar-refractivity contribution >= 4 is 5.91 Å². The third-order valence-electron chi connectivity index (χ3n) is 9.70. The molecule has 0 aromatic rings. The van der Waals surface area contributed by atoms with Gasteiger partial charge in [-0.15, -0.1) is 0 Å². The van der Waals surface area contributed by atoms with E-state index in [-0.39, 0.29) is 12.5 Å². The maximum Gasteiger partial charge on any atom is 0.220 e. The van der Waals surface area contributed by atoms with E-state index in [4.69, 9.17) is 0 Å². The molecule has 3 N–H and O–H groups in total. The summed E-state index contributed by atoms with van der Waals surface area (Å²) in [6.45, 7) is 4.23. The van der Waals surface area contributed by atoms with Crippen molar-refractivity contribution in [3.05, 3.63) is 60.8 Å². The first-order chi connectivity index (χ1) is 25.2. The Hall–Kier alpha value is -1.91. The third-order valence-corrected chi connectivity index (χ3v) is 9.70. The Kier molecular flexibility index (Phi) is 40.9. The molecule has 0 aliphatic heterocycles. The van der Waals surface area contributed by atoms with E-state index in [2.05, 4.69) is 67.8 Å². The smallest absolute Gasteiger partial charge is 0.220 e. The highest BCUT2D eigenvalue weighted by Gasteiger charge is 2.17. The molecule has 0 rings (SSSR count). The highest BCUT2D eigenvalue weighted by atomic mass is 16.3. The van der Waals surface area contributed by atoms with Crippen molar-refractivity contribution < 1.29 is 15.0 Å². The summed E-state index contributed by atoms with van der Waals surface area (Å²) in [6.07, 6.45) is 59.1. The van der Waals surface area contributed by atoms with E-state index in [0.717, 1.165) is 44.9 Å². The van der Waals surface area contributed by atoms with Crippen molar-refractivity contribution in [1.29, 1.82) is 0 Å². The fraction of sp³-hybridized carbons (Fsp3) is 0.766. The second-order valence-electron chi connectivity index (χ2n) is 14.7. The maximum absolute atomic E-state index is 12.4. The lowest BCUT2D eigenvalue weighted by Crippen LogP contribution is -2.45. The van der Waals surface area contributed by atoms with Gasteiger partial charge in [0, 0.05) is 6.42 Å². The molecular weight excluding hydrogens is 627 g/mol. The van der Waals surface area contributed by atoms with Gasteiger partial charge in [0.15, 0.2) is 0 Å². The number of nitrogens with one attached hydrogen (secondary N) is 1. The molecule has 0 saturated heterocycles. The highest BCUT2D eigenvalue weighted by molar-refractivity contribution is 5.76. The van der Waals surface area contributed by atoms with E-state index < -0.39 is 12.1 Å². The second kappa shape index (κ2) is 42.5. The number of carbonyl (C=O) groups is 1. The number of allylic oxidation sites excluding steroid dienone is 9. The SMILES string of the molecule is CCCC/C=C/CC/C=C/CC/C=C/C(O)C(CO)NC(=O)CCCCCCCCCCCCCCCCC/C=C\C/C=C\CCCCCCC. The predicted octanol–water partition coefficient (Wildman–Crippen LogP) is 13.7. The number of rotatable bonds is 39. The maximum atomic E-state index is 12.4. The summed E-state index contributed by atoms with van der Waals surface area (Å²) < 4.78 is 0. The van der Waals surface area contributed by atoms with E-state index in [1.807, 2.05) is 6.08 Å². The lowest BCUT2D eigenvalue weighted by Gasteiger charge is -2.19. The lowest BCUT2D eigenvalue weighted by atomic mass is 10.0. The van der Waals surface area contributed by atoms with E-state index in [1.54, 1.807) is 6.08 Å². The van der Waals surface area contributed by atoms with Gasteiger partial charge in [0.1, 0.15) is 0 Å². The van der Waals surface area contributed by atoms with E-state index >= 15 is 0 Å². The molecule has 296 valence electrons. The van der Waals surface area contributed by atoms with Gasteiger partial charge in [-0.2, -0.15) is 0 Å². The van der Waals surface area contributed by atoms with E-state index in [1.165, 1.54) is 148 Å². The van der Waals surface area contributed by atoms with Gasteiger partial charge < -0.3 is 15.5 Å². The minimum Gasteiger partial charge on any atom is -0.394 e. The van der Waals surface area contributed by atoms with Gasteiger partial charge in [0.05, 0.1) is 18.8 Å². The Morgan fingerprint density at radius 1 is 0.471 bits per heavy atom. The third kappa shape index (κ3) is 39.1. The lowest BCUT2D eigenvalue weighted by molar-refractivity contribution is -0.123. The van der Waals surface area contributed by atoms with E-state index in [9.17, 15) is 15.0 Å². The fourth-order valence-corrected chi connectivity index (χ4v) is 6.28. The van der Waals surface area contributed by atoms with Crippen LogP contribution in [0, 0.1) is 0 Å². The van der Waals surface area contributed by atoms with Gasteiger partial charge in [0.25, 0.3) is 0 Å².